The van der Waals surface area contributed by atoms with Gasteiger partial charge in [-0.25, -0.2) is 0 Å². The third-order valence-electron chi connectivity index (χ3n) is 4.70. The van der Waals surface area contributed by atoms with Crippen molar-refractivity contribution in [1.29, 1.82) is 0 Å². The summed E-state index contributed by atoms with van der Waals surface area (Å²) in [5, 5.41) is 5.36. The molecule has 6 heteroatoms. The summed E-state index contributed by atoms with van der Waals surface area (Å²) in [5.74, 6) is -0.531. The molecule has 2 aliphatic heterocycles. The van der Waals surface area contributed by atoms with Crippen molar-refractivity contribution in [2.45, 2.75) is 13.1 Å². The first kappa shape index (κ1) is 16.1. The summed E-state index contributed by atoms with van der Waals surface area (Å²) in [6.07, 6.45) is 1.24. The second-order valence-corrected chi connectivity index (χ2v) is 6.37. The molecule has 0 saturated carbocycles. The predicted octanol–water partition coefficient (Wildman–Crippen LogP) is 2.26. The minimum atomic E-state index is -0.245. The Kier molecular flexibility index (Phi) is 3.80. The van der Waals surface area contributed by atoms with Gasteiger partial charge in [0, 0.05) is 30.0 Å². The van der Waals surface area contributed by atoms with E-state index < -0.39 is 0 Å². The summed E-state index contributed by atoms with van der Waals surface area (Å²) in [6, 6.07) is 11.2. The van der Waals surface area contributed by atoms with Gasteiger partial charge < -0.3 is 15.5 Å². The molecular formula is C20H17N3O3. The number of amides is 2. The number of hydrogen-bond acceptors (Lipinski definition) is 4. The van der Waals surface area contributed by atoms with E-state index in [1.54, 1.807) is 12.1 Å². The maximum atomic E-state index is 12.1. The SMILES string of the molecule is C=CC(=O)Nc1ccc2c(c1)CN(c1ccc3c(c1)C(=O)NCC3=O)C2. The van der Waals surface area contributed by atoms with Crippen LogP contribution < -0.4 is 15.5 Å². The average molecular weight is 347 g/mol. The molecule has 0 fully saturated rings. The Morgan fingerprint density at radius 3 is 2.69 bits per heavy atom. The van der Waals surface area contributed by atoms with Gasteiger partial charge in [0.1, 0.15) is 0 Å². The highest BCUT2D eigenvalue weighted by atomic mass is 16.2. The number of nitrogens with zero attached hydrogens (tertiary/aromatic N) is 1. The van der Waals surface area contributed by atoms with Crippen LogP contribution in [0.1, 0.15) is 31.8 Å². The number of nitrogens with one attached hydrogen (secondary N) is 2. The molecule has 2 aromatic rings. The molecule has 2 amide bonds. The monoisotopic (exact) mass is 347 g/mol. The largest absolute Gasteiger partial charge is 0.363 e. The molecule has 0 spiro atoms. The van der Waals surface area contributed by atoms with Crippen molar-refractivity contribution in [3.8, 4) is 0 Å². The summed E-state index contributed by atoms with van der Waals surface area (Å²) in [6.45, 7) is 4.88. The highest BCUT2D eigenvalue weighted by Crippen LogP contribution is 2.31. The van der Waals surface area contributed by atoms with Gasteiger partial charge in [-0.3, -0.25) is 14.4 Å². The lowest BCUT2D eigenvalue weighted by Crippen LogP contribution is -2.36. The molecule has 2 N–H and O–H groups in total. The highest BCUT2D eigenvalue weighted by molar-refractivity contribution is 6.14. The van der Waals surface area contributed by atoms with Crippen LogP contribution >= 0.6 is 0 Å². The number of ketones is 1. The second-order valence-electron chi connectivity index (χ2n) is 6.37. The van der Waals surface area contributed by atoms with Gasteiger partial charge in [-0.05, 0) is 47.5 Å². The Labute approximate surface area is 150 Å². The molecule has 130 valence electrons. The van der Waals surface area contributed by atoms with Crippen LogP contribution in [0.4, 0.5) is 11.4 Å². The number of anilines is 2. The van der Waals surface area contributed by atoms with Gasteiger partial charge in [-0.1, -0.05) is 12.6 Å². The molecule has 0 unspecified atom stereocenters. The topological polar surface area (TPSA) is 78.5 Å². The average Bonchev–Trinajstić information content (AvgIpc) is 3.08. The van der Waals surface area contributed by atoms with E-state index in [2.05, 4.69) is 22.1 Å². The number of fused-ring (bicyclic) bond motifs is 2. The third-order valence-corrected chi connectivity index (χ3v) is 4.70. The third kappa shape index (κ3) is 2.75. The van der Waals surface area contributed by atoms with Gasteiger partial charge in [0.25, 0.3) is 5.91 Å². The minimum absolute atomic E-state index is 0.0551. The molecule has 2 aliphatic rings. The fraction of sp³-hybridized carbons (Fsp3) is 0.150. The van der Waals surface area contributed by atoms with Crippen molar-refractivity contribution in [3.63, 3.8) is 0 Å². The van der Waals surface area contributed by atoms with Gasteiger partial charge in [0.15, 0.2) is 5.78 Å². The number of rotatable bonds is 3. The molecular weight excluding hydrogens is 330 g/mol. The zero-order valence-corrected chi connectivity index (χ0v) is 14.0. The molecule has 26 heavy (non-hydrogen) atoms. The van der Waals surface area contributed by atoms with Gasteiger partial charge in [-0.2, -0.15) is 0 Å². The van der Waals surface area contributed by atoms with E-state index in [4.69, 9.17) is 0 Å². The molecule has 0 atom stereocenters. The Hall–Kier alpha value is -3.41. The smallest absolute Gasteiger partial charge is 0.252 e. The number of carbonyl (C=O) groups is 3. The lowest BCUT2D eigenvalue weighted by atomic mass is 9.98. The zero-order valence-electron chi connectivity index (χ0n) is 14.0. The second kappa shape index (κ2) is 6.15. The van der Waals surface area contributed by atoms with E-state index in [9.17, 15) is 14.4 Å². The van der Waals surface area contributed by atoms with E-state index in [1.165, 1.54) is 11.6 Å². The highest BCUT2D eigenvalue weighted by Gasteiger charge is 2.26. The minimum Gasteiger partial charge on any atom is -0.363 e. The lowest BCUT2D eigenvalue weighted by molar-refractivity contribution is -0.111. The normalized spacial score (nSPS) is 15.2. The Morgan fingerprint density at radius 1 is 1.08 bits per heavy atom. The number of Topliss-reactive ketones (excluding diaryl/α,β-unsaturated/α-hetero) is 1. The first-order valence-electron chi connectivity index (χ1n) is 8.31. The van der Waals surface area contributed by atoms with Gasteiger partial charge in [0.05, 0.1) is 12.1 Å². The molecule has 2 heterocycles. The molecule has 0 saturated heterocycles. The van der Waals surface area contributed by atoms with E-state index in [-0.39, 0.29) is 24.1 Å². The predicted molar refractivity (Wildman–Crippen MR) is 98.3 cm³/mol. The van der Waals surface area contributed by atoms with Gasteiger partial charge >= 0.3 is 0 Å². The van der Waals surface area contributed by atoms with Crippen molar-refractivity contribution in [2.24, 2.45) is 0 Å². The number of hydrogen-bond donors (Lipinski definition) is 2. The van der Waals surface area contributed by atoms with Crippen LogP contribution in [0.2, 0.25) is 0 Å². The number of carbonyl (C=O) groups excluding carboxylic acids is 3. The Bertz CT molecular complexity index is 965. The standard InChI is InChI=1S/C20H17N3O3/c1-2-19(25)22-14-4-3-12-10-23(11-13(12)7-14)15-5-6-16-17(8-15)20(26)21-9-18(16)24/h2-8H,1,9-11H2,(H,21,26)(H,22,25). The van der Waals surface area contributed by atoms with Crippen LogP contribution in [0.5, 0.6) is 0 Å². The van der Waals surface area contributed by atoms with Crippen LogP contribution in [0, 0.1) is 0 Å². The van der Waals surface area contributed by atoms with E-state index in [1.807, 2.05) is 24.3 Å². The molecule has 4 rings (SSSR count). The van der Waals surface area contributed by atoms with Crippen molar-refractivity contribution in [3.05, 3.63) is 71.3 Å². The molecule has 6 nitrogen and oxygen atoms in total. The summed E-state index contributed by atoms with van der Waals surface area (Å²) in [5.41, 5.74) is 4.80. The van der Waals surface area contributed by atoms with Gasteiger partial charge in [0.2, 0.25) is 5.91 Å². The van der Waals surface area contributed by atoms with Crippen LogP contribution in [-0.4, -0.2) is 24.1 Å². The van der Waals surface area contributed by atoms with Crippen LogP contribution in [0.25, 0.3) is 0 Å². The fourth-order valence-electron chi connectivity index (χ4n) is 3.36. The Balaban J connectivity index is 1.59. The van der Waals surface area contributed by atoms with Crippen molar-refractivity contribution in [2.75, 3.05) is 16.8 Å². The van der Waals surface area contributed by atoms with E-state index in [0.29, 0.717) is 24.2 Å². The van der Waals surface area contributed by atoms with E-state index >= 15 is 0 Å². The summed E-state index contributed by atoms with van der Waals surface area (Å²) >= 11 is 0. The summed E-state index contributed by atoms with van der Waals surface area (Å²) in [4.78, 5) is 37.6. The van der Waals surface area contributed by atoms with E-state index in [0.717, 1.165) is 16.9 Å². The summed E-state index contributed by atoms with van der Waals surface area (Å²) < 4.78 is 0. The lowest BCUT2D eigenvalue weighted by Gasteiger charge is -2.21. The molecule has 0 aromatic heterocycles. The number of benzene rings is 2. The van der Waals surface area contributed by atoms with Crippen LogP contribution in [0.15, 0.2) is 49.1 Å². The molecule has 0 radical (unpaired) electrons. The maximum Gasteiger partial charge on any atom is 0.252 e. The zero-order chi connectivity index (χ0) is 18.3. The van der Waals surface area contributed by atoms with Crippen LogP contribution in [0.3, 0.4) is 0 Å². The van der Waals surface area contributed by atoms with Crippen LogP contribution in [-0.2, 0) is 17.9 Å². The van der Waals surface area contributed by atoms with Crippen molar-refractivity contribution < 1.29 is 14.4 Å². The quantitative estimate of drug-likeness (QED) is 0.835. The first-order valence-corrected chi connectivity index (χ1v) is 8.31. The molecule has 0 bridgehead atoms. The molecule has 2 aromatic carbocycles. The first-order chi connectivity index (χ1) is 12.5. The van der Waals surface area contributed by atoms with Crippen molar-refractivity contribution in [1.82, 2.24) is 5.32 Å². The maximum absolute atomic E-state index is 12.1. The van der Waals surface area contributed by atoms with Gasteiger partial charge in [-0.15, -0.1) is 0 Å². The van der Waals surface area contributed by atoms with Crippen molar-refractivity contribution >= 4 is 29.0 Å². The molecule has 0 aliphatic carbocycles. The summed E-state index contributed by atoms with van der Waals surface area (Å²) in [7, 11) is 0. The Morgan fingerprint density at radius 2 is 1.88 bits per heavy atom. The fourth-order valence-corrected chi connectivity index (χ4v) is 3.36.